The van der Waals surface area contributed by atoms with Gasteiger partial charge in [-0.1, -0.05) is 31.0 Å². The van der Waals surface area contributed by atoms with E-state index in [1.54, 1.807) is 18.2 Å². The van der Waals surface area contributed by atoms with E-state index in [-0.39, 0.29) is 5.54 Å². The first-order valence-electron chi connectivity index (χ1n) is 7.16. The second-order valence-corrected chi connectivity index (χ2v) is 6.46. The van der Waals surface area contributed by atoms with Crippen LogP contribution >= 0.6 is 11.6 Å². The lowest BCUT2D eigenvalue weighted by atomic mass is 10.1. The van der Waals surface area contributed by atoms with Gasteiger partial charge < -0.3 is 15.2 Å². The Hall–Kier alpha value is -1.26. The first-order chi connectivity index (χ1) is 9.74. The van der Waals surface area contributed by atoms with Crippen LogP contribution in [0.15, 0.2) is 18.2 Å². The smallest absolute Gasteiger partial charge is 0.344 e. The zero-order chi connectivity index (χ0) is 16.0. The van der Waals surface area contributed by atoms with E-state index in [4.69, 9.17) is 16.3 Å². The maximum absolute atomic E-state index is 11.2. The Morgan fingerprint density at radius 2 is 2.10 bits per heavy atom. The van der Waals surface area contributed by atoms with Crippen LogP contribution in [0.1, 0.15) is 46.1 Å². The molecule has 0 aliphatic heterocycles. The van der Waals surface area contributed by atoms with Gasteiger partial charge in [0.05, 0.1) is 0 Å². The maximum Gasteiger partial charge on any atom is 0.344 e. The third kappa shape index (κ3) is 5.94. The number of carboxylic acids is 1. The molecule has 0 saturated carbocycles. The van der Waals surface area contributed by atoms with Crippen molar-refractivity contribution in [2.45, 2.75) is 58.7 Å². The molecule has 1 rings (SSSR count). The van der Waals surface area contributed by atoms with Gasteiger partial charge in [-0.05, 0) is 39.3 Å². The fraction of sp³-hybridized carbons (Fsp3) is 0.562. The van der Waals surface area contributed by atoms with Gasteiger partial charge in [-0.15, -0.1) is 0 Å². The van der Waals surface area contributed by atoms with Crippen molar-refractivity contribution in [2.24, 2.45) is 0 Å². The molecule has 5 heteroatoms. The average Bonchev–Trinajstić information content (AvgIpc) is 2.36. The molecular weight excluding hydrogens is 290 g/mol. The SMILES string of the molecule is CCCC(Oc1cccc(Cl)c1CNC(C)(C)C)C(=O)O. The molecule has 0 aromatic heterocycles. The molecular formula is C16H24ClNO3. The third-order valence-corrected chi connectivity index (χ3v) is 3.32. The quantitative estimate of drug-likeness (QED) is 0.802. The van der Waals surface area contributed by atoms with Crippen LogP contribution in [-0.2, 0) is 11.3 Å². The zero-order valence-electron chi connectivity index (χ0n) is 13.1. The summed E-state index contributed by atoms with van der Waals surface area (Å²) in [6.45, 7) is 8.63. The minimum Gasteiger partial charge on any atom is -0.479 e. The standard InChI is InChI=1S/C16H24ClNO3/c1-5-7-14(15(19)20)21-13-9-6-8-12(17)11(13)10-18-16(2,3)4/h6,8-9,14,18H,5,7,10H2,1-4H3,(H,19,20). The lowest BCUT2D eigenvalue weighted by Gasteiger charge is -2.23. The molecule has 118 valence electrons. The summed E-state index contributed by atoms with van der Waals surface area (Å²) in [5, 5.41) is 13.1. The van der Waals surface area contributed by atoms with Crippen LogP contribution in [-0.4, -0.2) is 22.7 Å². The highest BCUT2D eigenvalue weighted by Gasteiger charge is 2.21. The number of hydrogen-bond acceptors (Lipinski definition) is 3. The lowest BCUT2D eigenvalue weighted by Crippen LogP contribution is -2.35. The van der Waals surface area contributed by atoms with Gasteiger partial charge in [-0.3, -0.25) is 0 Å². The van der Waals surface area contributed by atoms with Gasteiger partial charge in [-0.2, -0.15) is 0 Å². The molecule has 0 fully saturated rings. The summed E-state index contributed by atoms with van der Waals surface area (Å²) < 4.78 is 5.67. The zero-order valence-corrected chi connectivity index (χ0v) is 13.8. The maximum atomic E-state index is 11.2. The van der Waals surface area contributed by atoms with Gasteiger partial charge in [0.2, 0.25) is 0 Å². The highest BCUT2D eigenvalue weighted by Crippen LogP contribution is 2.28. The molecule has 2 N–H and O–H groups in total. The second kappa shape index (κ2) is 7.66. The third-order valence-electron chi connectivity index (χ3n) is 2.97. The molecule has 1 unspecified atom stereocenters. The molecule has 4 nitrogen and oxygen atoms in total. The van der Waals surface area contributed by atoms with Gasteiger partial charge in [0.15, 0.2) is 6.10 Å². The predicted molar refractivity (Wildman–Crippen MR) is 85.0 cm³/mol. The Kier molecular flexibility index (Phi) is 6.49. The van der Waals surface area contributed by atoms with Crippen LogP contribution in [0.2, 0.25) is 5.02 Å². The number of carboxylic acid groups (broad SMARTS) is 1. The Bertz CT molecular complexity index is 483. The molecule has 0 heterocycles. The minimum atomic E-state index is -0.952. The summed E-state index contributed by atoms with van der Waals surface area (Å²) in [5.41, 5.74) is 0.725. The Morgan fingerprint density at radius 1 is 1.43 bits per heavy atom. The van der Waals surface area contributed by atoms with Crippen LogP contribution < -0.4 is 10.1 Å². The van der Waals surface area contributed by atoms with Crippen LogP contribution in [0.4, 0.5) is 0 Å². The van der Waals surface area contributed by atoms with E-state index in [2.05, 4.69) is 26.1 Å². The normalized spacial score (nSPS) is 13.0. The number of carbonyl (C=O) groups is 1. The monoisotopic (exact) mass is 313 g/mol. The van der Waals surface area contributed by atoms with Crippen molar-refractivity contribution in [3.8, 4) is 5.75 Å². The Balaban J connectivity index is 2.95. The summed E-state index contributed by atoms with van der Waals surface area (Å²) in [5.74, 6) is -0.424. The van der Waals surface area contributed by atoms with Crippen LogP contribution in [0, 0.1) is 0 Å². The molecule has 0 aliphatic carbocycles. The molecule has 0 spiro atoms. The molecule has 1 atom stereocenters. The molecule has 0 saturated heterocycles. The van der Waals surface area contributed by atoms with Gasteiger partial charge >= 0.3 is 5.97 Å². The van der Waals surface area contributed by atoms with Crippen molar-refractivity contribution in [1.29, 1.82) is 0 Å². The van der Waals surface area contributed by atoms with Crippen molar-refractivity contribution >= 4 is 17.6 Å². The number of benzene rings is 1. The molecule has 0 bridgehead atoms. The van der Waals surface area contributed by atoms with Gasteiger partial charge in [0.1, 0.15) is 5.75 Å². The number of aliphatic carboxylic acids is 1. The van der Waals surface area contributed by atoms with Gasteiger partial charge in [0.25, 0.3) is 0 Å². The molecule has 0 aliphatic rings. The molecule has 21 heavy (non-hydrogen) atoms. The summed E-state index contributed by atoms with van der Waals surface area (Å²) >= 11 is 6.23. The Labute approximate surface area is 131 Å². The average molecular weight is 314 g/mol. The highest BCUT2D eigenvalue weighted by atomic mass is 35.5. The number of ether oxygens (including phenoxy) is 1. The van der Waals surface area contributed by atoms with Crippen LogP contribution in [0.3, 0.4) is 0 Å². The molecule has 0 amide bonds. The summed E-state index contributed by atoms with van der Waals surface area (Å²) in [7, 11) is 0. The van der Waals surface area contributed by atoms with E-state index in [0.29, 0.717) is 23.7 Å². The number of rotatable bonds is 7. The van der Waals surface area contributed by atoms with Crippen molar-refractivity contribution in [3.63, 3.8) is 0 Å². The van der Waals surface area contributed by atoms with Gasteiger partial charge in [0, 0.05) is 22.7 Å². The molecule has 1 aromatic carbocycles. The van der Waals surface area contributed by atoms with Crippen molar-refractivity contribution in [3.05, 3.63) is 28.8 Å². The van der Waals surface area contributed by atoms with E-state index in [1.807, 2.05) is 6.92 Å². The Morgan fingerprint density at radius 3 is 2.62 bits per heavy atom. The molecule has 1 aromatic rings. The van der Waals surface area contributed by atoms with Crippen molar-refractivity contribution < 1.29 is 14.6 Å². The van der Waals surface area contributed by atoms with Crippen LogP contribution in [0.5, 0.6) is 5.75 Å². The lowest BCUT2D eigenvalue weighted by molar-refractivity contribution is -0.145. The van der Waals surface area contributed by atoms with Crippen molar-refractivity contribution in [1.82, 2.24) is 5.32 Å². The highest BCUT2D eigenvalue weighted by molar-refractivity contribution is 6.31. The molecule has 0 radical (unpaired) electrons. The fourth-order valence-electron chi connectivity index (χ4n) is 1.82. The largest absolute Gasteiger partial charge is 0.479 e. The van der Waals surface area contributed by atoms with E-state index < -0.39 is 12.1 Å². The van der Waals surface area contributed by atoms with E-state index in [0.717, 1.165) is 12.0 Å². The van der Waals surface area contributed by atoms with E-state index in [9.17, 15) is 9.90 Å². The topological polar surface area (TPSA) is 58.6 Å². The number of nitrogens with one attached hydrogen (secondary N) is 1. The second-order valence-electron chi connectivity index (χ2n) is 6.05. The van der Waals surface area contributed by atoms with E-state index in [1.165, 1.54) is 0 Å². The van der Waals surface area contributed by atoms with Crippen molar-refractivity contribution in [2.75, 3.05) is 0 Å². The summed E-state index contributed by atoms with van der Waals surface area (Å²) in [4.78, 5) is 11.2. The number of hydrogen-bond donors (Lipinski definition) is 2. The van der Waals surface area contributed by atoms with E-state index >= 15 is 0 Å². The first kappa shape index (κ1) is 17.8. The number of halogens is 1. The summed E-state index contributed by atoms with van der Waals surface area (Å²) in [6, 6.07) is 5.31. The van der Waals surface area contributed by atoms with Crippen LogP contribution in [0.25, 0.3) is 0 Å². The minimum absolute atomic E-state index is 0.0634. The summed E-state index contributed by atoms with van der Waals surface area (Å²) in [6.07, 6.45) is 0.364. The first-order valence-corrected chi connectivity index (χ1v) is 7.54. The predicted octanol–water partition coefficient (Wildman–Crippen LogP) is 3.86. The fourth-order valence-corrected chi connectivity index (χ4v) is 2.06. The van der Waals surface area contributed by atoms with Gasteiger partial charge in [-0.25, -0.2) is 4.79 Å².